The number of nitrogens with one attached hydrogen (secondary N) is 1. The van der Waals surface area contributed by atoms with Crippen LogP contribution in [0.3, 0.4) is 0 Å². The van der Waals surface area contributed by atoms with E-state index >= 15 is 0 Å². The Balaban J connectivity index is 1.11. The van der Waals surface area contributed by atoms with Crippen LogP contribution in [0.5, 0.6) is 0 Å². The van der Waals surface area contributed by atoms with Crippen LogP contribution in [0.4, 0.5) is 0 Å². The molecule has 7 rings (SSSR count). The van der Waals surface area contributed by atoms with Crippen LogP contribution in [0, 0.1) is 68.5 Å². The zero-order chi connectivity index (χ0) is 39.6. The molecule has 1 heterocycles. The Kier molecular flexibility index (Phi) is 10.0. The zero-order valence-electron chi connectivity index (χ0n) is 34.9. The molecule has 6 saturated carbocycles. The van der Waals surface area contributed by atoms with Crippen LogP contribution in [-0.2, 0) is 24.2 Å². The summed E-state index contributed by atoms with van der Waals surface area (Å²) in [4.78, 5) is 27.6. The normalized spacial score (nSPS) is 47.1. The van der Waals surface area contributed by atoms with Gasteiger partial charge in [-0.3, -0.25) is 14.5 Å². The van der Waals surface area contributed by atoms with Crippen molar-refractivity contribution in [1.82, 2.24) is 10.2 Å². The summed E-state index contributed by atoms with van der Waals surface area (Å²) in [6, 6.07) is -0.122. The van der Waals surface area contributed by atoms with Gasteiger partial charge in [-0.05, 0) is 129 Å². The SMILES string of the molecule is C=C(C)[C@@H]1CC[C@]2(NC[C@@H]([C@H](C)O)N3CCS(=O)(=O)CC3)CC[C@]3(C)[C@H](CC[C@@H]4[C@@]5(C)CC[C@H](OC(=O)[C@@H]6[C@H](C(=O)O)C6(C)C)C(C)(C)[C@@H]5CC[C@]43C)[C@@H]12. The number of aliphatic carboxylic acids is 1. The molecule has 0 radical (unpaired) electrons. The third kappa shape index (κ3) is 6.01. The van der Waals surface area contributed by atoms with Crippen LogP contribution in [0.1, 0.15) is 127 Å². The number of rotatable bonds is 9. The number of ether oxygens (including phenoxy) is 1. The molecule has 0 aromatic rings. The van der Waals surface area contributed by atoms with Gasteiger partial charge in [0.25, 0.3) is 0 Å². The Hall–Kier alpha value is -1.49. The lowest BCUT2D eigenvalue weighted by Crippen LogP contribution is -2.69. The molecule has 10 heteroatoms. The average Bonchev–Trinajstić information content (AvgIpc) is 3.45. The summed E-state index contributed by atoms with van der Waals surface area (Å²) in [7, 11) is -3.00. The quantitative estimate of drug-likeness (QED) is 0.172. The maximum atomic E-state index is 13.5. The Morgan fingerprint density at radius 1 is 0.852 bits per heavy atom. The second kappa shape index (κ2) is 13.3. The summed E-state index contributed by atoms with van der Waals surface area (Å²) in [5, 5.41) is 24.9. The molecule has 0 aromatic carbocycles. The molecule has 6 aliphatic carbocycles. The van der Waals surface area contributed by atoms with E-state index in [1.54, 1.807) is 0 Å². The summed E-state index contributed by atoms with van der Waals surface area (Å²) >= 11 is 0. The van der Waals surface area contributed by atoms with E-state index in [0.717, 1.165) is 38.5 Å². The Bertz CT molecular complexity index is 1630. The number of esters is 1. The van der Waals surface area contributed by atoms with Gasteiger partial charge in [0.15, 0.2) is 9.84 Å². The third-order valence-electron chi connectivity index (χ3n) is 18.7. The summed E-state index contributed by atoms with van der Waals surface area (Å²) in [6.45, 7) is 26.5. The molecular formula is C44H72N2O7S. The molecule has 0 amide bonds. The summed E-state index contributed by atoms with van der Waals surface area (Å²) in [5.41, 5.74) is 0.960. The van der Waals surface area contributed by atoms with Gasteiger partial charge in [0.05, 0.1) is 29.4 Å². The Morgan fingerprint density at radius 2 is 1.52 bits per heavy atom. The smallest absolute Gasteiger partial charge is 0.310 e. The summed E-state index contributed by atoms with van der Waals surface area (Å²) in [5.74, 6) is 0.331. The topological polar surface area (TPSA) is 133 Å². The molecular weight excluding hydrogens is 701 g/mol. The largest absolute Gasteiger partial charge is 0.481 e. The second-order valence-electron chi connectivity index (χ2n) is 21.6. The molecule has 0 spiro atoms. The lowest BCUT2D eigenvalue weighted by molar-refractivity contribution is -0.246. The number of carbonyl (C=O) groups is 2. The zero-order valence-corrected chi connectivity index (χ0v) is 35.7. The molecule has 0 bridgehead atoms. The lowest BCUT2D eigenvalue weighted by atomic mass is 9.32. The van der Waals surface area contributed by atoms with Gasteiger partial charge in [0, 0.05) is 36.6 Å². The molecule has 14 atom stereocenters. The van der Waals surface area contributed by atoms with Crippen molar-refractivity contribution in [2.24, 2.45) is 68.5 Å². The molecule has 54 heavy (non-hydrogen) atoms. The number of aliphatic hydroxyl groups excluding tert-OH is 1. The third-order valence-corrected chi connectivity index (χ3v) is 20.3. The Labute approximate surface area is 326 Å². The van der Waals surface area contributed by atoms with Gasteiger partial charge in [0.1, 0.15) is 6.10 Å². The first-order valence-corrected chi connectivity index (χ1v) is 23.3. The molecule has 7 aliphatic rings. The number of nitrogens with zero attached hydrogens (tertiary/aromatic N) is 1. The number of hydrogen-bond acceptors (Lipinski definition) is 8. The predicted molar refractivity (Wildman–Crippen MR) is 211 cm³/mol. The van der Waals surface area contributed by atoms with E-state index in [1.807, 2.05) is 20.8 Å². The van der Waals surface area contributed by atoms with Crippen molar-refractivity contribution in [1.29, 1.82) is 0 Å². The number of aliphatic hydroxyl groups is 1. The predicted octanol–water partition coefficient (Wildman–Crippen LogP) is 6.73. The van der Waals surface area contributed by atoms with Gasteiger partial charge >= 0.3 is 11.9 Å². The molecule has 306 valence electrons. The average molecular weight is 773 g/mol. The standard InChI is InChI=1S/C44H72N2O7S/c1-26(2)28-13-18-44(45-25-30(27(3)47)46-21-23-54(51,52)24-22-46)20-19-42(9)29(34(28)44)11-12-32-41(8)16-15-33(39(4,5)31(41)14-17-43(32,42)10)53-38(50)36-35(37(48)49)40(36,6)7/h27-36,45,47H,1,11-25H2,2-10H3,(H,48,49)/t27-,28-,29+,30-,31-,32+,33-,34+,35+,36-,41-,42+,43+,44-/m0/s1. The minimum Gasteiger partial charge on any atom is -0.481 e. The van der Waals surface area contributed by atoms with E-state index in [2.05, 4.69) is 58.3 Å². The highest BCUT2D eigenvalue weighted by molar-refractivity contribution is 7.91. The molecule has 1 aliphatic heterocycles. The lowest BCUT2D eigenvalue weighted by Gasteiger charge is -2.73. The monoisotopic (exact) mass is 773 g/mol. The molecule has 7 fully saturated rings. The number of carboxylic acids is 1. The van der Waals surface area contributed by atoms with Gasteiger partial charge in [-0.15, -0.1) is 0 Å². The van der Waals surface area contributed by atoms with Crippen molar-refractivity contribution in [3.8, 4) is 0 Å². The highest BCUT2D eigenvalue weighted by Crippen LogP contribution is 2.76. The van der Waals surface area contributed by atoms with E-state index < -0.39 is 39.2 Å². The number of sulfone groups is 1. The minimum absolute atomic E-state index is 0.0210. The minimum atomic E-state index is -3.00. The first-order valence-electron chi connectivity index (χ1n) is 21.4. The van der Waals surface area contributed by atoms with E-state index in [0.29, 0.717) is 49.2 Å². The highest BCUT2D eigenvalue weighted by Gasteiger charge is 2.72. The highest BCUT2D eigenvalue weighted by atomic mass is 32.2. The van der Waals surface area contributed by atoms with E-state index in [4.69, 9.17) is 4.74 Å². The molecule has 3 N–H and O–H groups in total. The number of fused-ring (bicyclic) bond motifs is 7. The van der Waals surface area contributed by atoms with Gasteiger partial charge in [-0.1, -0.05) is 60.6 Å². The maximum absolute atomic E-state index is 13.5. The number of hydrogen-bond donors (Lipinski definition) is 3. The summed E-state index contributed by atoms with van der Waals surface area (Å²) < 4.78 is 30.8. The molecule has 0 aromatic heterocycles. The van der Waals surface area contributed by atoms with Crippen LogP contribution >= 0.6 is 0 Å². The van der Waals surface area contributed by atoms with Crippen LogP contribution in [0.25, 0.3) is 0 Å². The van der Waals surface area contributed by atoms with Crippen molar-refractivity contribution in [2.75, 3.05) is 31.1 Å². The van der Waals surface area contributed by atoms with Crippen molar-refractivity contribution in [3.05, 3.63) is 12.2 Å². The van der Waals surface area contributed by atoms with Crippen LogP contribution < -0.4 is 5.32 Å². The van der Waals surface area contributed by atoms with Crippen molar-refractivity contribution < 1.29 is 33.0 Å². The Morgan fingerprint density at radius 3 is 2.11 bits per heavy atom. The van der Waals surface area contributed by atoms with Crippen molar-refractivity contribution >= 4 is 21.8 Å². The van der Waals surface area contributed by atoms with Crippen LogP contribution in [-0.4, -0.2) is 90.4 Å². The van der Waals surface area contributed by atoms with Gasteiger partial charge in [-0.25, -0.2) is 8.42 Å². The number of carboxylic acid groups (broad SMARTS) is 1. The number of allylic oxidation sites excluding steroid dienone is 1. The maximum Gasteiger partial charge on any atom is 0.310 e. The van der Waals surface area contributed by atoms with Gasteiger partial charge < -0.3 is 20.3 Å². The molecule has 0 unspecified atom stereocenters. The van der Waals surface area contributed by atoms with E-state index in [-0.39, 0.29) is 56.8 Å². The fourth-order valence-electron chi connectivity index (χ4n) is 15.4. The number of carbonyl (C=O) groups excluding carboxylic acids is 1. The summed E-state index contributed by atoms with van der Waals surface area (Å²) in [6.07, 6.45) is 10.3. The fourth-order valence-corrected chi connectivity index (χ4v) is 16.6. The van der Waals surface area contributed by atoms with Gasteiger partial charge in [0.2, 0.25) is 0 Å². The fraction of sp³-hybridized carbons (Fsp3) is 0.909. The molecule has 9 nitrogen and oxygen atoms in total. The second-order valence-corrected chi connectivity index (χ2v) is 23.9. The van der Waals surface area contributed by atoms with Crippen molar-refractivity contribution in [2.45, 2.75) is 150 Å². The first-order chi connectivity index (χ1) is 25.0. The van der Waals surface area contributed by atoms with E-state index in [1.165, 1.54) is 31.3 Å². The van der Waals surface area contributed by atoms with Crippen LogP contribution in [0.15, 0.2) is 12.2 Å². The van der Waals surface area contributed by atoms with Crippen LogP contribution in [0.2, 0.25) is 0 Å². The first kappa shape index (κ1) is 40.7. The molecule has 1 saturated heterocycles. The van der Waals surface area contributed by atoms with Crippen molar-refractivity contribution in [3.63, 3.8) is 0 Å². The van der Waals surface area contributed by atoms with E-state index in [9.17, 15) is 28.2 Å². The van der Waals surface area contributed by atoms with Gasteiger partial charge in [-0.2, -0.15) is 0 Å².